The lowest BCUT2D eigenvalue weighted by atomic mass is 9.97. The predicted molar refractivity (Wildman–Crippen MR) is 113 cm³/mol. The zero-order valence-corrected chi connectivity index (χ0v) is 17.7. The van der Waals surface area contributed by atoms with Gasteiger partial charge in [-0.3, -0.25) is 4.79 Å². The number of rotatable bonds is 5. The van der Waals surface area contributed by atoms with E-state index in [9.17, 15) is 9.59 Å². The number of benzene rings is 1. The highest BCUT2D eigenvalue weighted by atomic mass is 35.5. The Labute approximate surface area is 176 Å². The molecule has 1 aliphatic rings. The maximum Gasteiger partial charge on any atom is 0.331 e. The minimum Gasteiger partial charge on any atom is -0.452 e. The molecule has 1 aromatic carbocycles. The number of aromatic nitrogens is 2. The topological polar surface area (TPSA) is 64.4 Å². The SMILES string of the molecule is Cc1nn(-c2ccccc2)c(Cl)c1/C=C/C(=O)OCC(=O)N1[C@H](C)CCC[C@H]1C. The van der Waals surface area contributed by atoms with Crippen molar-refractivity contribution in [1.82, 2.24) is 14.7 Å². The van der Waals surface area contributed by atoms with Crippen LogP contribution in [-0.2, 0) is 14.3 Å². The van der Waals surface area contributed by atoms with Crippen LogP contribution < -0.4 is 0 Å². The standard InChI is InChI=1S/C22H26ClN3O3/c1-15-8-7-9-16(2)25(15)20(27)14-29-21(28)13-12-19-17(3)24-26(22(19)23)18-10-5-4-6-11-18/h4-6,10-13,15-16H,7-9,14H2,1-3H3/b13-12+/t15-,16-/m1/s1. The summed E-state index contributed by atoms with van der Waals surface area (Å²) in [6.07, 6.45) is 5.93. The molecule has 2 heterocycles. The maximum absolute atomic E-state index is 12.5. The summed E-state index contributed by atoms with van der Waals surface area (Å²) in [6.45, 7) is 5.63. The Kier molecular flexibility index (Phi) is 6.75. The highest BCUT2D eigenvalue weighted by Gasteiger charge is 2.29. The summed E-state index contributed by atoms with van der Waals surface area (Å²) < 4.78 is 6.78. The molecule has 1 aliphatic heterocycles. The van der Waals surface area contributed by atoms with Gasteiger partial charge in [0.15, 0.2) is 6.61 Å². The Hall–Kier alpha value is -2.60. The third kappa shape index (κ3) is 4.88. The number of halogens is 1. The van der Waals surface area contributed by atoms with Crippen LogP contribution in [0.2, 0.25) is 5.15 Å². The third-order valence-corrected chi connectivity index (χ3v) is 5.62. The molecule has 2 aromatic rings. The van der Waals surface area contributed by atoms with Crippen LogP contribution in [0.5, 0.6) is 0 Å². The number of carbonyl (C=O) groups excluding carboxylic acids is 2. The van der Waals surface area contributed by atoms with Crippen LogP contribution in [0.4, 0.5) is 0 Å². The fourth-order valence-electron chi connectivity index (χ4n) is 3.76. The Morgan fingerprint density at radius 3 is 2.52 bits per heavy atom. The first-order valence-corrected chi connectivity index (χ1v) is 10.2. The van der Waals surface area contributed by atoms with Gasteiger partial charge in [0.2, 0.25) is 0 Å². The molecule has 0 spiro atoms. The van der Waals surface area contributed by atoms with Gasteiger partial charge in [0.05, 0.1) is 11.4 Å². The van der Waals surface area contributed by atoms with Crippen LogP contribution in [0.1, 0.15) is 44.4 Å². The molecule has 0 radical (unpaired) electrons. The Morgan fingerprint density at radius 2 is 1.86 bits per heavy atom. The number of nitrogens with zero attached hydrogens (tertiary/aromatic N) is 3. The van der Waals surface area contributed by atoms with Crippen LogP contribution in [0.3, 0.4) is 0 Å². The Bertz CT molecular complexity index is 898. The van der Waals surface area contributed by atoms with Crippen molar-refractivity contribution in [1.29, 1.82) is 0 Å². The predicted octanol–water partition coefficient (Wildman–Crippen LogP) is 4.18. The molecular weight excluding hydrogens is 390 g/mol. The van der Waals surface area contributed by atoms with Crippen molar-refractivity contribution >= 4 is 29.6 Å². The maximum atomic E-state index is 12.5. The molecule has 1 saturated heterocycles. The zero-order valence-electron chi connectivity index (χ0n) is 17.0. The number of ether oxygens (including phenoxy) is 1. The molecule has 7 heteroatoms. The van der Waals surface area contributed by atoms with E-state index >= 15 is 0 Å². The first-order chi connectivity index (χ1) is 13.9. The summed E-state index contributed by atoms with van der Waals surface area (Å²) in [6, 6.07) is 9.85. The van der Waals surface area contributed by atoms with E-state index < -0.39 is 5.97 Å². The molecule has 29 heavy (non-hydrogen) atoms. The van der Waals surface area contributed by atoms with Gasteiger partial charge in [-0.15, -0.1) is 0 Å². The van der Waals surface area contributed by atoms with Gasteiger partial charge in [-0.1, -0.05) is 29.8 Å². The Balaban J connectivity index is 1.62. The Morgan fingerprint density at radius 1 is 1.21 bits per heavy atom. The van der Waals surface area contributed by atoms with E-state index in [0.717, 1.165) is 24.9 Å². The number of carbonyl (C=O) groups is 2. The van der Waals surface area contributed by atoms with Crippen LogP contribution in [0, 0.1) is 6.92 Å². The van der Waals surface area contributed by atoms with Gasteiger partial charge in [-0.05, 0) is 58.2 Å². The number of amides is 1. The number of aryl methyl sites for hydroxylation is 1. The lowest BCUT2D eigenvalue weighted by Crippen LogP contribution is -2.49. The average Bonchev–Trinajstić information content (AvgIpc) is 2.99. The van der Waals surface area contributed by atoms with Crippen LogP contribution in [-0.4, -0.2) is 45.2 Å². The molecule has 0 aliphatic carbocycles. The van der Waals surface area contributed by atoms with Crippen molar-refractivity contribution in [2.75, 3.05) is 6.61 Å². The third-order valence-electron chi connectivity index (χ3n) is 5.25. The van der Waals surface area contributed by atoms with Gasteiger partial charge in [0.1, 0.15) is 5.15 Å². The van der Waals surface area contributed by atoms with Crippen molar-refractivity contribution in [3.8, 4) is 5.69 Å². The molecule has 1 aromatic heterocycles. The van der Waals surface area contributed by atoms with Gasteiger partial charge in [0.25, 0.3) is 5.91 Å². The smallest absolute Gasteiger partial charge is 0.331 e. The fraction of sp³-hybridized carbons (Fsp3) is 0.409. The molecule has 0 saturated carbocycles. The van der Waals surface area contributed by atoms with Gasteiger partial charge in [-0.2, -0.15) is 5.10 Å². The molecule has 1 amide bonds. The first kappa shape index (κ1) is 21.1. The van der Waals surface area contributed by atoms with E-state index in [1.165, 1.54) is 6.08 Å². The minimum absolute atomic E-state index is 0.155. The summed E-state index contributed by atoms with van der Waals surface area (Å²) in [5, 5.41) is 4.84. The van der Waals surface area contributed by atoms with Crippen molar-refractivity contribution in [3.05, 3.63) is 52.8 Å². The number of hydrogen-bond acceptors (Lipinski definition) is 4. The second-order valence-corrected chi connectivity index (χ2v) is 7.77. The van der Waals surface area contributed by atoms with Gasteiger partial charge >= 0.3 is 5.97 Å². The van der Waals surface area contributed by atoms with Gasteiger partial charge < -0.3 is 9.64 Å². The van der Waals surface area contributed by atoms with E-state index in [0.29, 0.717) is 16.4 Å². The van der Waals surface area contributed by atoms with Crippen LogP contribution >= 0.6 is 11.6 Å². The molecule has 6 nitrogen and oxygen atoms in total. The number of piperidine rings is 1. The highest BCUT2D eigenvalue weighted by molar-refractivity contribution is 6.31. The van der Waals surface area contributed by atoms with Crippen LogP contribution in [0.15, 0.2) is 36.4 Å². The van der Waals surface area contributed by atoms with Gasteiger partial charge in [0, 0.05) is 23.7 Å². The summed E-state index contributed by atoms with van der Waals surface area (Å²) in [7, 11) is 0. The largest absolute Gasteiger partial charge is 0.452 e. The number of esters is 1. The van der Waals surface area contributed by atoms with Crippen molar-refractivity contribution < 1.29 is 14.3 Å². The summed E-state index contributed by atoms with van der Waals surface area (Å²) in [5.41, 5.74) is 2.16. The second kappa shape index (κ2) is 9.27. The monoisotopic (exact) mass is 415 g/mol. The van der Waals surface area contributed by atoms with E-state index in [4.69, 9.17) is 16.3 Å². The summed E-state index contributed by atoms with van der Waals surface area (Å²) >= 11 is 6.45. The lowest BCUT2D eigenvalue weighted by Gasteiger charge is -2.38. The normalized spacial score (nSPS) is 19.5. The number of likely N-dealkylation sites (tertiary alicyclic amines) is 1. The van der Waals surface area contributed by atoms with E-state index in [2.05, 4.69) is 5.10 Å². The lowest BCUT2D eigenvalue weighted by molar-refractivity contribution is -0.151. The molecule has 0 bridgehead atoms. The molecular formula is C22H26ClN3O3. The average molecular weight is 416 g/mol. The molecule has 154 valence electrons. The second-order valence-electron chi connectivity index (χ2n) is 7.41. The quantitative estimate of drug-likeness (QED) is 0.542. The summed E-state index contributed by atoms with van der Waals surface area (Å²) in [4.78, 5) is 26.4. The molecule has 2 atom stereocenters. The highest BCUT2D eigenvalue weighted by Crippen LogP contribution is 2.25. The zero-order chi connectivity index (χ0) is 21.0. The van der Waals surface area contributed by atoms with E-state index in [1.807, 2.05) is 56.0 Å². The van der Waals surface area contributed by atoms with E-state index in [-0.39, 0.29) is 24.6 Å². The van der Waals surface area contributed by atoms with Crippen molar-refractivity contribution in [2.24, 2.45) is 0 Å². The van der Waals surface area contributed by atoms with Crippen molar-refractivity contribution in [2.45, 2.75) is 52.1 Å². The first-order valence-electron chi connectivity index (χ1n) is 9.85. The molecule has 1 fully saturated rings. The van der Waals surface area contributed by atoms with E-state index in [1.54, 1.807) is 10.8 Å². The molecule has 3 rings (SSSR count). The van der Waals surface area contributed by atoms with Crippen molar-refractivity contribution in [3.63, 3.8) is 0 Å². The summed E-state index contributed by atoms with van der Waals surface area (Å²) in [5.74, 6) is -0.740. The number of para-hydroxylation sites is 1. The molecule has 0 unspecified atom stereocenters. The van der Waals surface area contributed by atoms with Crippen LogP contribution in [0.25, 0.3) is 11.8 Å². The van der Waals surface area contributed by atoms with Gasteiger partial charge in [-0.25, -0.2) is 9.48 Å². The fourth-order valence-corrected chi connectivity index (χ4v) is 4.10. The number of hydrogen-bond donors (Lipinski definition) is 0. The molecule has 0 N–H and O–H groups in total. The minimum atomic E-state index is -0.585.